The van der Waals surface area contributed by atoms with Gasteiger partial charge in [-0.3, -0.25) is 0 Å². The molecular formula is C8H4F4N2O. The number of fused-ring (bicyclic) bond motifs is 1. The molecule has 0 atom stereocenters. The largest absolute Gasteiger partial charge is 0.418 e. The van der Waals surface area contributed by atoms with Crippen LogP contribution in [0.3, 0.4) is 0 Å². The van der Waals surface area contributed by atoms with Crippen LogP contribution in [0.1, 0.15) is 5.56 Å². The van der Waals surface area contributed by atoms with E-state index in [4.69, 9.17) is 5.73 Å². The molecule has 0 bridgehead atoms. The number of anilines is 1. The normalized spacial score (nSPS) is 12.3. The van der Waals surface area contributed by atoms with E-state index in [1.54, 1.807) is 0 Å². The first-order chi connectivity index (χ1) is 6.89. The molecule has 2 rings (SSSR count). The number of benzene rings is 1. The second-order valence-electron chi connectivity index (χ2n) is 2.89. The zero-order chi connectivity index (χ0) is 11.2. The lowest BCUT2D eigenvalue weighted by molar-refractivity contribution is -0.136. The van der Waals surface area contributed by atoms with Gasteiger partial charge in [-0.2, -0.15) is 13.2 Å². The first kappa shape index (κ1) is 9.75. The Morgan fingerprint density at radius 2 is 1.93 bits per heavy atom. The van der Waals surface area contributed by atoms with E-state index in [1.165, 1.54) is 0 Å². The van der Waals surface area contributed by atoms with Crippen molar-refractivity contribution in [3.8, 4) is 0 Å². The lowest BCUT2D eigenvalue weighted by Gasteiger charge is -2.06. The molecule has 1 heterocycles. The molecule has 0 spiro atoms. The fourth-order valence-corrected chi connectivity index (χ4v) is 1.25. The van der Waals surface area contributed by atoms with E-state index in [-0.39, 0.29) is 11.3 Å². The molecule has 0 aliphatic carbocycles. The minimum Gasteiger partial charge on any atom is -0.367 e. The van der Waals surface area contributed by atoms with Crippen LogP contribution in [0.5, 0.6) is 0 Å². The smallest absolute Gasteiger partial charge is 0.367 e. The Morgan fingerprint density at radius 1 is 1.27 bits per heavy atom. The summed E-state index contributed by atoms with van der Waals surface area (Å²) >= 11 is 0. The molecule has 15 heavy (non-hydrogen) atoms. The van der Waals surface area contributed by atoms with Gasteiger partial charge >= 0.3 is 6.18 Å². The molecule has 80 valence electrons. The lowest BCUT2D eigenvalue weighted by atomic mass is 10.1. The van der Waals surface area contributed by atoms with E-state index in [1.807, 2.05) is 0 Å². The van der Waals surface area contributed by atoms with Gasteiger partial charge < -0.3 is 10.3 Å². The summed E-state index contributed by atoms with van der Waals surface area (Å²) in [5.41, 5.74) is 3.51. The van der Waals surface area contributed by atoms with Gasteiger partial charge in [-0.25, -0.2) is 4.39 Å². The Kier molecular flexibility index (Phi) is 1.85. The predicted octanol–water partition coefficient (Wildman–Crippen LogP) is 2.57. The number of rotatable bonds is 0. The van der Waals surface area contributed by atoms with Crippen molar-refractivity contribution < 1.29 is 22.1 Å². The molecule has 0 unspecified atom stereocenters. The first-order valence-corrected chi connectivity index (χ1v) is 3.81. The molecule has 0 aliphatic rings. The standard InChI is InChI=1S/C8H4F4N2O/c9-3-1-4-6(14-15-7(4)13)5(2-3)8(10,11)12/h1-2H,13H2. The van der Waals surface area contributed by atoms with Crippen LogP contribution in [0.2, 0.25) is 0 Å². The molecule has 0 aliphatic heterocycles. The molecule has 0 amide bonds. The molecule has 0 radical (unpaired) electrons. The van der Waals surface area contributed by atoms with E-state index in [0.717, 1.165) is 6.07 Å². The quantitative estimate of drug-likeness (QED) is 0.694. The summed E-state index contributed by atoms with van der Waals surface area (Å²) in [7, 11) is 0. The van der Waals surface area contributed by atoms with Crippen LogP contribution in [-0.4, -0.2) is 5.16 Å². The Bertz CT molecular complexity index is 517. The highest BCUT2D eigenvalue weighted by Crippen LogP contribution is 2.36. The summed E-state index contributed by atoms with van der Waals surface area (Å²) in [5, 5.41) is 2.96. The topological polar surface area (TPSA) is 52.0 Å². The van der Waals surface area contributed by atoms with Crippen molar-refractivity contribution in [1.82, 2.24) is 5.16 Å². The van der Waals surface area contributed by atoms with Gasteiger partial charge in [0, 0.05) is 0 Å². The van der Waals surface area contributed by atoms with Crippen LogP contribution < -0.4 is 5.73 Å². The summed E-state index contributed by atoms with van der Waals surface area (Å²) < 4.78 is 54.5. The van der Waals surface area contributed by atoms with E-state index in [9.17, 15) is 17.6 Å². The van der Waals surface area contributed by atoms with Gasteiger partial charge in [-0.15, -0.1) is 0 Å². The predicted molar refractivity (Wildman–Crippen MR) is 43.4 cm³/mol. The van der Waals surface area contributed by atoms with E-state index in [2.05, 4.69) is 9.68 Å². The maximum Gasteiger partial charge on any atom is 0.418 e. The molecule has 7 heteroatoms. The zero-order valence-corrected chi connectivity index (χ0v) is 7.10. The van der Waals surface area contributed by atoms with Crippen LogP contribution in [0.15, 0.2) is 16.7 Å². The number of hydrogen-bond acceptors (Lipinski definition) is 3. The summed E-state index contributed by atoms with van der Waals surface area (Å²) in [6.45, 7) is 0. The van der Waals surface area contributed by atoms with Gasteiger partial charge in [0.25, 0.3) is 0 Å². The highest BCUT2D eigenvalue weighted by atomic mass is 19.4. The number of nitrogens with zero attached hydrogens (tertiary/aromatic N) is 1. The third-order valence-corrected chi connectivity index (χ3v) is 1.88. The molecule has 2 N–H and O–H groups in total. The van der Waals surface area contributed by atoms with Gasteiger partial charge in [-0.05, 0) is 12.1 Å². The van der Waals surface area contributed by atoms with Gasteiger partial charge in [0.1, 0.15) is 11.3 Å². The highest BCUT2D eigenvalue weighted by Gasteiger charge is 2.35. The second-order valence-corrected chi connectivity index (χ2v) is 2.89. The van der Waals surface area contributed by atoms with Crippen molar-refractivity contribution in [2.24, 2.45) is 0 Å². The monoisotopic (exact) mass is 220 g/mol. The Labute approximate surface area is 80.4 Å². The lowest BCUT2D eigenvalue weighted by Crippen LogP contribution is -2.06. The van der Waals surface area contributed by atoms with Crippen molar-refractivity contribution >= 4 is 16.8 Å². The minimum absolute atomic E-state index is 0.178. The zero-order valence-electron chi connectivity index (χ0n) is 7.10. The van der Waals surface area contributed by atoms with Crippen LogP contribution in [0.25, 0.3) is 10.9 Å². The fraction of sp³-hybridized carbons (Fsp3) is 0.125. The third-order valence-electron chi connectivity index (χ3n) is 1.88. The molecule has 2 aromatic rings. The maximum absolute atomic E-state index is 12.9. The summed E-state index contributed by atoms with van der Waals surface area (Å²) in [6.07, 6.45) is -4.69. The van der Waals surface area contributed by atoms with Crippen LogP contribution >= 0.6 is 0 Å². The average molecular weight is 220 g/mol. The molecule has 1 aromatic heterocycles. The number of nitrogens with two attached hydrogens (primary N) is 1. The van der Waals surface area contributed by atoms with Crippen LogP contribution in [-0.2, 0) is 6.18 Å². The number of halogens is 4. The van der Waals surface area contributed by atoms with Crippen molar-refractivity contribution in [3.63, 3.8) is 0 Å². The van der Waals surface area contributed by atoms with Crippen molar-refractivity contribution in [2.75, 3.05) is 5.73 Å². The number of hydrogen-bond donors (Lipinski definition) is 1. The van der Waals surface area contributed by atoms with Gasteiger partial charge in [-0.1, -0.05) is 5.16 Å². The van der Waals surface area contributed by atoms with Gasteiger partial charge in [0.15, 0.2) is 0 Å². The highest BCUT2D eigenvalue weighted by molar-refractivity contribution is 5.90. The summed E-state index contributed by atoms with van der Waals surface area (Å²) in [4.78, 5) is 0. The molecule has 3 nitrogen and oxygen atoms in total. The number of alkyl halides is 3. The SMILES string of the molecule is Nc1onc2c(C(F)(F)F)cc(F)cc12. The van der Waals surface area contributed by atoms with Crippen LogP contribution in [0.4, 0.5) is 23.4 Å². The maximum atomic E-state index is 12.9. The Balaban J connectivity index is 2.84. The van der Waals surface area contributed by atoms with E-state index in [0.29, 0.717) is 6.07 Å². The minimum atomic E-state index is -4.69. The Morgan fingerprint density at radius 3 is 2.53 bits per heavy atom. The number of nitrogen functional groups attached to an aromatic ring is 1. The summed E-state index contributed by atoms with van der Waals surface area (Å²) in [5.74, 6) is -1.38. The second kappa shape index (κ2) is 2.85. The third kappa shape index (κ3) is 1.49. The van der Waals surface area contributed by atoms with E-state index >= 15 is 0 Å². The molecular weight excluding hydrogens is 216 g/mol. The Hall–Kier alpha value is -1.79. The molecule has 0 saturated heterocycles. The van der Waals surface area contributed by atoms with Crippen molar-refractivity contribution in [1.29, 1.82) is 0 Å². The first-order valence-electron chi connectivity index (χ1n) is 3.81. The number of aromatic nitrogens is 1. The van der Waals surface area contributed by atoms with E-state index < -0.39 is 23.1 Å². The van der Waals surface area contributed by atoms with Crippen molar-refractivity contribution in [2.45, 2.75) is 6.18 Å². The van der Waals surface area contributed by atoms with Gasteiger partial charge in [0.2, 0.25) is 5.88 Å². The molecule has 0 saturated carbocycles. The van der Waals surface area contributed by atoms with Crippen molar-refractivity contribution in [3.05, 3.63) is 23.5 Å². The van der Waals surface area contributed by atoms with Crippen LogP contribution in [0, 0.1) is 5.82 Å². The fourth-order valence-electron chi connectivity index (χ4n) is 1.25. The van der Waals surface area contributed by atoms with Gasteiger partial charge in [0.05, 0.1) is 10.9 Å². The molecule has 1 aromatic carbocycles. The summed E-state index contributed by atoms with van der Waals surface area (Å²) in [6, 6.07) is 1.20. The molecule has 0 fully saturated rings. The average Bonchev–Trinajstić information content (AvgIpc) is 2.45.